The SMILES string of the molecule is Cc1cc(C(=O)COC(=O)c2csc(NCc3ccccc3)n2)c(C)n1Cc1cccs1. The topological polar surface area (TPSA) is 73.2 Å². The molecule has 0 fully saturated rings. The minimum absolute atomic E-state index is 0.196. The van der Waals surface area contributed by atoms with Crippen molar-refractivity contribution in [3.63, 3.8) is 0 Å². The summed E-state index contributed by atoms with van der Waals surface area (Å²) in [7, 11) is 0. The molecule has 1 N–H and O–H groups in total. The summed E-state index contributed by atoms with van der Waals surface area (Å²) in [6.07, 6.45) is 0. The molecule has 0 aliphatic heterocycles. The van der Waals surface area contributed by atoms with E-state index in [2.05, 4.69) is 20.9 Å². The molecule has 0 saturated heterocycles. The third kappa shape index (κ3) is 5.15. The molecule has 0 radical (unpaired) electrons. The van der Waals surface area contributed by atoms with Gasteiger partial charge in [0.2, 0.25) is 5.78 Å². The van der Waals surface area contributed by atoms with E-state index in [0.29, 0.717) is 17.2 Å². The zero-order valence-electron chi connectivity index (χ0n) is 17.8. The maximum absolute atomic E-state index is 12.7. The number of esters is 1. The summed E-state index contributed by atoms with van der Waals surface area (Å²) in [5.41, 5.74) is 3.77. The Labute approximate surface area is 194 Å². The van der Waals surface area contributed by atoms with Crippen molar-refractivity contribution < 1.29 is 14.3 Å². The fraction of sp³-hybridized carbons (Fsp3) is 0.208. The van der Waals surface area contributed by atoms with Gasteiger partial charge in [0, 0.05) is 33.8 Å². The van der Waals surface area contributed by atoms with Crippen molar-refractivity contribution in [3.05, 3.63) is 92.4 Å². The lowest BCUT2D eigenvalue weighted by Gasteiger charge is -2.08. The van der Waals surface area contributed by atoms with Gasteiger partial charge in [0.15, 0.2) is 17.4 Å². The number of thiazole rings is 1. The highest BCUT2D eigenvalue weighted by molar-refractivity contribution is 7.13. The first-order valence-electron chi connectivity index (χ1n) is 10.1. The van der Waals surface area contributed by atoms with E-state index in [-0.39, 0.29) is 18.1 Å². The molecule has 4 aromatic rings. The molecule has 1 aromatic carbocycles. The second-order valence-electron chi connectivity index (χ2n) is 7.33. The maximum atomic E-state index is 12.7. The first-order chi connectivity index (χ1) is 15.5. The standard InChI is InChI=1S/C24H23N3O3S2/c1-16-11-20(17(2)27(16)13-19-9-6-10-31-19)22(28)14-30-23(29)21-15-32-24(26-21)25-12-18-7-4-3-5-8-18/h3-11,15H,12-14H2,1-2H3,(H,25,26). The number of thiophene rings is 1. The third-order valence-electron chi connectivity index (χ3n) is 5.10. The molecule has 0 aliphatic rings. The Bertz CT molecular complexity index is 1210. The predicted molar refractivity (Wildman–Crippen MR) is 128 cm³/mol. The first kappa shape index (κ1) is 22.0. The van der Waals surface area contributed by atoms with E-state index in [1.54, 1.807) is 16.7 Å². The average Bonchev–Trinajstić information content (AvgIpc) is 3.55. The van der Waals surface area contributed by atoms with Gasteiger partial charge in [-0.2, -0.15) is 0 Å². The van der Waals surface area contributed by atoms with Gasteiger partial charge in [0.05, 0.1) is 6.54 Å². The van der Waals surface area contributed by atoms with Crippen LogP contribution in [0, 0.1) is 13.8 Å². The number of carbonyl (C=O) groups excluding carboxylic acids is 2. The first-order valence-corrected chi connectivity index (χ1v) is 11.9. The Morgan fingerprint density at radius 2 is 1.91 bits per heavy atom. The van der Waals surface area contributed by atoms with E-state index in [0.717, 1.165) is 23.5 Å². The molecule has 4 rings (SSSR count). The molecular formula is C24H23N3O3S2. The lowest BCUT2D eigenvalue weighted by Crippen LogP contribution is -2.15. The number of anilines is 1. The highest BCUT2D eigenvalue weighted by atomic mass is 32.1. The smallest absolute Gasteiger partial charge is 0.358 e. The number of nitrogens with zero attached hydrogens (tertiary/aromatic N) is 2. The van der Waals surface area contributed by atoms with Crippen LogP contribution in [-0.4, -0.2) is 27.9 Å². The maximum Gasteiger partial charge on any atom is 0.358 e. The Morgan fingerprint density at radius 3 is 2.66 bits per heavy atom. The minimum Gasteiger partial charge on any atom is -0.453 e. The van der Waals surface area contributed by atoms with Crippen LogP contribution in [-0.2, 0) is 17.8 Å². The number of hydrogen-bond acceptors (Lipinski definition) is 7. The molecule has 0 amide bonds. The summed E-state index contributed by atoms with van der Waals surface area (Å²) in [5.74, 6) is -0.823. The molecular weight excluding hydrogens is 442 g/mol. The van der Waals surface area contributed by atoms with Crippen molar-refractivity contribution in [1.82, 2.24) is 9.55 Å². The van der Waals surface area contributed by atoms with Gasteiger partial charge in [-0.1, -0.05) is 36.4 Å². The number of benzene rings is 1. The highest BCUT2D eigenvalue weighted by Gasteiger charge is 2.19. The monoisotopic (exact) mass is 465 g/mol. The van der Waals surface area contributed by atoms with Crippen molar-refractivity contribution in [2.45, 2.75) is 26.9 Å². The number of hydrogen-bond donors (Lipinski definition) is 1. The molecule has 3 aromatic heterocycles. The van der Waals surface area contributed by atoms with Crippen LogP contribution < -0.4 is 5.32 Å². The van der Waals surface area contributed by atoms with Crippen LogP contribution in [0.4, 0.5) is 5.13 Å². The van der Waals surface area contributed by atoms with Gasteiger partial charge in [-0.15, -0.1) is 22.7 Å². The average molecular weight is 466 g/mol. The molecule has 3 heterocycles. The lowest BCUT2D eigenvalue weighted by molar-refractivity contribution is 0.0469. The molecule has 8 heteroatoms. The summed E-state index contributed by atoms with van der Waals surface area (Å²) < 4.78 is 7.35. The summed E-state index contributed by atoms with van der Waals surface area (Å²) in [4.78, 5) is 30.6. The van der Waals surface area contributed by atoms with Gasteiger partial charge in [0.1, 0.15) is 0 Å². The van der Waals surface area contributed by atoms with E-state index in [1.165, 1.54) is 16.2 Å². The summed E-state index contributed by atoms with van der Waals surface area (Å²) in [6, 6.07) is 15.9. The van der Waals surface area contributed by atoms with E-state index in [9.17, 15) is 9.59 Å². The van der Waals surface area contributed by atoms with E-state index < -0.39 is 5.97 Å². The number of aryl methyl sites for hydroxylation is 1. The number of ketones is 1. The third-order valence-corrected chi connectivity index (χ3v) is 6.76. The van der Waals surface area contributed by atoms with Crippen LogP contribution in [0.1, 0.15) is 42.7 Å². The Morgan fingerprint density at radius 1 is 1.09 bits per heavy atom. The Hall–Kier alpha value is -3.23. The van der Waals surface area contributed by atoms with Crippen LogP contribution in [0.5, 0.6) is 0 Å². The number of ether oxygens (including phenoxy) is 1. The molecule has 32 heavy (non-hydrogen) atoms. The second kappa shape index (κ2) is 9.93. The van der Waals surface area contributed by atoms with Gasteiger partial charge in [-0.3, -0.25) is 4.79 Å². The Balaban J connectivity index is 1.33. The zero-order chi connectivity index (χ0) is 22.5. The van der Waals surface area contributed by atoms with Gasteiger partial charge in [-0.25, -0.2) is 9.78 Å². The normalized spacial score (nSPS) is 10.8. The fourth-order valence-electron chi connectivity index (χ4n) is 3.39. The predicted octanol–water partition coefficient (Wildman–Crippen LogP) is 5.32. The van der Waals surface area contributed by atoms with Crippen molar-refractivity contribution in [3.8, 4) is 0 Å². The van der Waals surface area contributed by atoms with E-state index in [1.807, 2.05) is 61.7 Å². The largest absolute Gasteiger partial charge is 0.453 e. The van der Waals surface area contributed by atoms with Gasteiger partial charge < -0.3 is 14.6 Å². The zero-order valence-corrected chi connectivity index (χ0v) is 19.5. The van der Waals surface area contributed by atoms with Gasteiger partial charge in [-0.05, 0) is 36.9 Å². The van der Waals surface area contributed by atoms with Crippen LogP contribution >= 0.6 is 22.7 Å². The quantitative estimate of drug-likeness (QED) is 0.267. The van der Waals surface area contributed by atoms with Gasteiger partial charge >= 0.3 is 5.97 Å². The second-order valence-corrected chi connectivity index (χ2v) is 9.22. The number of Topliss-reactive ketones (excluding diaryl/α,β-unsaturated/α-hetero) is 1. The number of carbonyl (C=O) groups is 2. The Kier molecular flexibility index (Phi) is 6.82. The minimum atomic E-state index is -0.602. The van der Waals surface area contributed by atoms with Crippen molar-refractivity contribution in [1.29, 1.82) is 0 Å². The summed E-state index contributed by atoms with van der Waals surface area (Å²) >= 11 is 3.01. The van der Waals surface area contributed by atoms with Crippen LogP contribution in [0.2, 0.25) is 0 Å². The van der Waals surface area contributed by atoms with Crippen molar-refractivity contribution in [2.24, 2.45) is 0 Å². The van der Waals surface area contributed by atoms with E-state index in [4.69, 9.17) is 4.74 Å². The molecule has 0 aliphatic carbocycles. The molecule has 0 atom stereocenters. The van der Waals surface area contributed by atoms with Crippen LogP contribution in [0.15, 0.2) is 59.3 Å². The van der Waals surface area contributed by atoms with Crippen molar-refractivity contribution >= 4 is 39.6 Å². The fourth-order valence-corrected chi connectivity index (χ4v) is 4.76. The summed E-state index contributed by atoms with van der Waals surface area (Å²) in [6.45, 7) is 4.91. The van der Waals surface area contributed by atoms with Gasteiger partial charge in [0.25, 0.3) is 0 Å². The molecule has 0 unspecified atom stereocenters. The molecule has 0 spiro atoms. The van der Waals surface area contributed by atoms with Crippen LogP contribution in [0.25, 0.3) is 0 Å². The summed E-state index contributed by atoms with van der Waals surface area (Å²) in [5, 5.41) is 7.49. The molecule has 0 saturated carbocycles. The van der Waals surface area contributed by atoms with Crippen LogP contribution in [0.3, 0.4) is 0 Å². The van der Waals surface area contributed by atoms with E-state index >= 15 is 0 Å². The highest BCUT2D eigenvalue weighted by Crippen LogP contribution is 2.21. The van der Waals surface area contributed by atoms with Crippen molar-refractivity contribution in [2.75, 3.05) is 11.9 Å². The lowest BCUT2D eigenvalue weighted by atomic mass is 10.1. The number of rotatable bonds is 9. The molecule has 164 valence electrons. The molecule has 0 bridgehead atoms. The number of aromatic nitrogens is 2. The number of nitrogens with one attached hydrogen (secondary N) is 1. The molecule has 6 nitrogen and oxygen atoms in total.